The lowest BCUT2D eigenvalue weighted by Crippen LogP contribution is -2.29. The van der Waals surface area contributed by atoms with Gasteiger partial charge in [-0.3, -0.25) is 4.79 Å². The molecule has 0 amide bonds. The van der Waals surface area contributed by atoms with Crippen molar-refractivity contribution < 1.29 is 4.79 Å². The Balaban J connectivity index is 2.01. The van der Waals surface area contributed by atoms with Gasteiger partial charge < -0.3 is 4.90 Å². The molecule has 1 fully saturated rings. The van der Waals surface area contributed by atoms with E-state index in [0.29, 0.717) is 11.5 Å². The molecule has 4 nitrogen and oxygen atoms in total. The number of hydrogen-bond donors (Lipinski definition) is 0. The predicted octanol–water partition coefficient (Wildman–Crippen LogP) is 4.26. The monoisotopic (exact) mass is 337 g/mol. The summed E-state index contributed by atoms with van der Waals surface area (Å²) >= 11 is 0. The van der Waals surface area contributed by atoms with Gasteiger partial charge in [0, 0.05) is 24.2 Å². The van der Waals surface area contributed by atoms with E-state index < -0.39 is 0 Å². The third kappa shape index (κ3) is 3.89. The summed E-state index contributed by atoms with van der Waals surface area (Å²) in [7, 11) is 0. The molecule has 0 unspecified atom stereocenters. The van der Waals surface area contributed by atoms with Crippen molar-refractivity contribution in [1.29, 1.82) is 0 Å². The molecule has 2 aromatic rings. The van der Waals surface area contributed by atoms with E-state index in [0.717, 1.165) is 47.9 Å². The van der Waals surface area contributed by atoms with Gasteiger partial charge in [-0.15, -0.1) is 0 Å². The summed E-state index contributed by atoms with van der Waals surface area (Å²) in [6.07, 6.45) is 3.67. The van der Waals surface area contributed by atoms with E-state index in [1.165, 1.54) is 12.8 Å². The van der Waals surface area contributed by atoms with Crippen LogP contribution < -0.4 is 4.90 Å². The van der Waals surface area contributed by atoms with Gasteiger partial charge in [0.1, 0.15) is 17.3 Å². The first-order valence-corrected chi connectivity index (χ1v) is 9.21. The smallest absolute Gasteiger partial charge is 0.212 e. The highest BCUT2D eigenvalue weighted by Gasteiger charge is 2.27. The maximum Gasteiger partial charge on any atom is 0.212 e. The van der Waals surface area contributed by atoms with Gasteiger partial charge in [0.05, 0.1) is 0 Å². The molecule has 1 heterocycles. The van der Waals surface area contributed by atoms with Gasteiger partial charge in [-0.1, -0.05) is 31.2 Å². The number of carbonyl (C=O) groups is 1. The van der Waals surface area contributed by atoms with Crippen molar-refractivity contribution in [3.8, 4) is 0 Å². The molecule has 0 bridgehead atoms. The summed E-state index contributed by atoms with van der Waals surface area (Å²) in [5.74, 6) is 2.36. The van der Waals surface area contributed by atoms with Crippen LogP contribution in [0, 0.1) is 26.7 Å². The van der Waals surface area contributed by atoms with Crippen LogP contribution in [0.3, 0.4) is 0 Å². The molecule has 1 aliphatic rings. The Morgan fingerprint density at radius 2 is 1.88 bits per heavy atom. The van der Waals surface area contributed by atoms with Crippen LogP contribution in [-0.2, 0) is 0 Å². The van der Waals surface area contributed by atoms with Gasteiger partial charge in [-0.05, 0) is 51.5 Å². The van der Waals surface area contributed by atoms with Gasteiger partial charge in [-0.2, -0.15) is 0 Å². The molecule has 1 aromatic heterocycles. The first-order valence-electron chi connectivity index (χ1n) is 9.21. The van der Waals surface area contributed by atoms with Crippen LogP contribution in [0.15, 0.2) is 24.3 Å². The van der Waals surface area contributed by atoms with Crippen LogP contribution in [0.5, 0.6) is 0 Å². The summed E-state index contributed by atoms with van der Waals surface area (Å²) in [5, 5.41) is 0. The molecule has 3 rings (SSSR count). The Morgan fingerprint density at radius 3 is 2.52 bits per heavy atom. The quantitative estimate of drug-likeness (QED) is 0.708. The van der Waals surface area contributed by atoms with E-state index in [-0.39, 0.29) is 5.78 Å². The summed E-state index contributed by atoms with van der Waals surface area (Å²) in [6.45, 7) is 10.0. The zero-order valence-corrected chi connectivity index (χ0v) is 15.7. The summed E-state index contributed by atoms with van der Waals surface area (Å²) < 4.78 is 0. The van der Waals surface area contributed by atoms with E-state index in [4.69, 9.17) is 4.98 Å². The molecule has 0 atom stereocenters. The van der Waals surface area contributed by atoms with Crippen LogP contribution in [0.4, 0.5) is 5.82 Å². The van der Waals surface area contributed by atoms with Crippen LogP contribution in [0.2, 0.25) is 0 Å². The number of aromatic nitrogens is 2. The highest BCUT2D eigenvalue weighted by molar-refractivity contribution is 6.10. The Kier molecular flexibility index (Phi) is 5.16. The first-order chi connectivity index (χ1) is 12.0. The lowest BCUT2D eigenvalue weighted by atomic mass is 10.00. The largest absolute Gasteiger partial charge is 0.356 e. The molecule has 25 heavy (non-hydrogen) atoms. The zero-order chi connectivity index (χ0) is 18.0. The van der Waals surface area contributed by atoms with Gasteiger partial charge >= 0.3 is 0 Å². The van der Waals surface area contributed by atoms with Gasteiger partial charge in [-0.25, -0.2) is 9.97 Å². The molecule has 0 aliphatic heterocycles. The number of carbonyl (C=O) groups excluding carboxylic acids is 1. The topological polar surface area (TPSA) is 46.1 Å². The average Bonchev–Trinajstić information content (AvgIpc) is 3.40. The van der Waals surface area contributed by atoms with Crippen molar-refractivity contribution in [2.45, 2.75) is 47.0 Å². The van der Waals surface area contributed by atoms with Crippen molar-refractivity contribution in [2.75, 3.05) is 18.0 Å². The lowest BCUT2D eigenvalue weighted by molar-refractivity contribution is 0.103. The lowest BCUT2D eigenvalue weighted by Gasteiger charge is -2.26. The third-order valence-electron chi connectivity index (χ3n) is 4.81. The zero-order valence-electron chi connectivity index (χ0n) is 15.7. The standard InChI is InChI=1S/C21H27N3O/c1-5-12-24(13-17-10-11-17)21-15(3)19(22-16(4)23-21)20(25)18-9-7-6-8-14(18)2/h6-9,17H,5,10-13H2,1-4H3. The van der Waals surface area contributed by atoms with E-state index in [9.17, 15) is 4.79 Å². The number of ketones is 1. The van der Waals surface area contributed by atoms with Crippen LogP contribution >= 0.6 is 0 Å². The van der Waals surface area contributed by atoms with Crippen LogP contribution in [0.25, 0.3) is 0 Å². The molecule has 4 heteroatoms. The number of benzene rings is 1. The fourth-order valence-electron chi connectivity index (χ4n) is 3.26. The van der Waals surface area contributed by atoms with Gasteiger partial charge in [0.25, 0.3) is 0 Å². The fourth-order valence-corrected chi connectivity index (χ4v) is 3.26. The second-order valence-corrected chi connectivity index (χ2v) is 7.10. The Labute approximate surface area is 150 Å². The summed E-state index contributed by atoms with van der Waals surface area (Å²) in [4.78, 5) is 24.6. The molecule has 0 radical (unpaired) electrons. The first kappa shape index (κ1) is 17.6. The summed E-state index contributed by atoms with van der Waals surface area (Å²) in [5.41, 5.74) is 3.13. The minimum Gasteiger partial charge on any atom is -0.356 e. The molecule has 0 spiro atoms. The van der Waals surface area contributed by atoms with E-state index in [2.05, 4.69) is 16.8 Å². The van der Waals surface area contributed by atoms with Crippen molar-refractivity contribution in [3.63, 3.8) is 0 Å². The molecule has 1 saturated carbocycles. The molecule has 132 valence electrons. The van der Waals surface area contributed by atoms with Crippen molar-refractivity contribution in [3.05, 3.63) is 52.5 Å². The molecule has 0 N–H and O–H groups in total. The molecule has 1 aliphatic carbocycles. The number of hydrogen-bond acceptors (Lipinski definition) is 4. The van der Waals surface area contributed by atoms with E-state index >= 15 is 0 Å². The SMILES string of the molecule is CCCN(CC1CC1)c1nc(C)nc(C(=O)c2ccccc2C)c1C. The molecular weight excluding hydrogens is 310 g/mol. The van der Waals surface area contributed by atoms with Crippen LogP contribution in [0.1, 0.15) is 59.2 Å². The second-order valence-electron chi connectivity index (χ2n) is 7.10. The summed E-state index contributed by atoms with van der Waals surface area (Å²) in [6, 6.07) is 7.70. The molecule has 1 aromatic carbocycles. The highest BCUT2D eigenvalue weighted by Crippen LogP contribution is 2.32. The van der Waals surface area contributed by atoms with Crippen LogP contribution in [-0.4, -0.2) is 28.8 Å². The minimum atomic E-state index is -0.00906. The minimum absolute atomic E-state index is 0.00906. The van der Waals surface area contributed by atoms with Gasteiger partial charge in [0.2, 0.25) is 5.78 Å². The number of aryl methyl sites for hydroxylation is 2. The Bertz CT molecular complexity index is 781. The van der Waals surface area contributed by atoms with E-state index in [1.54, 1.807) is 0 Å². The number of rotatable bonds is 7. The number of anilines is 1. The maximum absolute atomic E-state index is 13.1. The predicted molar refractivity (Wildman–Crippen MR) is 101 cm³/mol. The second kappa shape index (κ2) is 7.34. The maximum atomic E-state index is 13.1. The van der Waals surface area contributed by atoms with Crippen molar-refractivity contribution in [1.82, 2.24) is 9.97 Å². The fraction of sp³-hybridized carbons (Fsp3) is 0.476. The molecule has 0 saturated heterocycles. The van der Waals surface area contributed by atoms with Crippen molar-refractivity contribution >= 4 is 11.6 Å². The highest BCUT2D eigenvalue weighted by atomic mass is 16.1. The third-order valence-corrected chi connectivity index (χ3v) is 4.81. The van der Waals surface area contributed by atoms with Gasteiger partial charge in [0.15, 0.2) is 0 Å². The Hall–Kier alpha value is -2.23. The molecular formula is C21H27N3O. The normalized spacial score (nSPS) is 13.8. The van der Waals surface area contributed by atoms with Crippen molar-refractivity contribution in [2.24, 2.45) is 5.92 Å². The average molecular weight is 337 g/mol. The Morgan fingerprint density at radius 1 is 1.16 bits per heavy atom. The van der Waals surface area contributed by atoms with E-state index in [1.807, 2.05) is 45.0 Å². The number of nitrogens with zero attached hydrogens (tertiary/aromatic N) is 3.